The molecular weight excluding hydrogens is 286 g/mol. The van der Waals surface area contributed by atoms with Gasteiger partial charge in [0.25, 0.3) is 0 Å². The number of nitrogens with zero attached hydrogens (tertiary/aromatic N) is 4. The molecule has 5 nitrogen and oxygen atoms in total. The van der Waals surface area contributed by atoms with E-state index in [0.29, 0.717) is 0 Å². The summed E-state index contributed by atoms with van der Waals surface area (Å²) in [5, 5.41) is 10.6. The number of anilines is 1. The van der Waals surface area contributed by atoms with Gasteiger partial charge in [-0.05, 0) is 39.5 Å². The molecule has 0 amide bonds. The molecule has 5 heteroatoms. The van der Waals surface area contributed by atoms with Crippen molar-refractivity contribution < 1.29 is 0 Å². The van der Waals surface area contributed by atoms with Crippen LogP contribution in [0, 0.1) is 0 Å². The first kappa shape index (κ1) is 15.7. The van der Waals surface area contributed by atoms with E-state index in [1.54, 1.807) is 0 Å². The Kier molecular flexibility index (Phi) is 4.48. The highest BCUT2D eigenvalue weighted by Crippen LogP contribution is 2.33. The molecule has 0 saturated heterocycles. The van der Waals surface area contributed by atoms with E-state index in [9.17, 15) is 0 Å². The fourth-order valence-electron chi connectivity index (χ4n) is 3.02. The fourth-order valence-corrected chi connectivity index (χ4v) is 3.02. The van der Waals surface area contributed by atoms with Gasteiger partial charge in [-0.25, -0.2) is 4.98 Å². The van der Waals surface area contributed by atoms with E-state index >= 15 is 0 Å². The first-order chi connectivity index (χ1) is 11.1. The summed E-state index contributed by atoms with van der Waals surface area (Å²) in [4.78, 5) is 7.03. The molecule has 1 aromatic carbocycles. The standard InChI is InChI=1S/C18H25N5/c1-5-14-16-17(19-11-8-12-22(2)3)13-9-6-7-10-15(13)20-18(16)23(4)21-14/h6-7,9-10H,5,8,11-12H2,1-4H3,(H,19,20). The number of pyridine rings is 1. The molecule has 0 saturated carbocycles. The number of hydrogen-bond acceptors (Lipinski definition) is 4. The van der Waals surface area contributed by atoms with Crippen molar-refractivity contribution in [1.82, 2.24) is 19.7 Å². The Morgan fingerprint density at radius 1 is 1.22 bits per heavy atom. The van der Waals surface area contributed by atoms with Crippen molar-refractivity contribution in [3.8, 4) is 0 Å². The van der Waals surface area contributed by atoms with Crippen molar-refractivity contribution in [2.24, 2.45) is 7.05 Å². The van der Waals surface area contributed by atoms with Gasteiger partial charge in [0.2, 0.25) is 0 Å². The maximum Gasteiger partial charge on any atom is 0.160 e. The quantitative estimate of drug-likeness (QED) is 0.711. The highest BCUT2D eigenvalue weighted by molar-refractivity contribution is 6.07. The molecule has 0 radical (unpaired) electrons. The van der Waals surface area contributed by atoms with Crippen molar-refractivity contribution in [2.45, 2.75) is 19.8 Å². The average molecular weight is 311 g/mol. The van der Waals surface area contributed by atoms with Crippen molar-refractivity contribution in [3.63, 3.8) is 0 Å². The van der Waals surface area contributed by atoms with Gasteiger partial charge in [-0.1, -0.05) is 25.1 Å². The van der Waals surface area contributed by atoms with Crippen LogP contribution in [-0.2, 0) is 13.5 Å². The molecule has 0 spiro atoms. The van der Waals surface area contributed by atoms with Crippen LogP contribution >= 0.6 is 0 Å². The fraction of sp³-hybridized carbons (Fsp3) is 0.444. The maximum atomic E-state index is 4.82. The second kappa shape index (κ2) is 6.54. The number of aromatic nitrogens is 3. The molecule has 2 aromatic heterocycles. The van der Waals surface area contributed by atoms with Crippen LogP contribution in [0.15, 0.2) is 24.3 Å². The first-order valence-corrected chi connectivity index (χ1v) is 8.24. The summed E-state index contributed by atoms with van der Waals surface area (Å²) in [7, 11) is 6.19. The van der Waals surface area contributed by atoms with Gasteiger partial charge in [0.15, 0.2) is 5.65 Å². The van der Waals surface area contributed by atoms with Gasteiger partial charge in [0, 0.05) is 19.0 Å². The number of aryl methyl sites for hydroxylation is 2. The molecule has 0 atom stereocenters. The van der Waals surface area contributed by atoms with Crippen LogP contribution in [-0.4, -0.2) is 46.8 Å². The summed E-state index contributed by atoms with van der Waals surface area (Å²) in [5.41, 5.74) is 4.25. The minimum Gasteiger partial charge on any atom is -0.384 e. The third kappa shape index (κ3) is 3.01. The van der Waals surface area contributed by atoms with E-state index in [1.165, 1.54) is 16.5 Å². The zero-order valence-electron chi connectivity index (χ0n) is 14.4. The minimum absolute atomic E-state index is 0.906. The lowest BCUT2D eigenvalue weighted by atomic mass is 10.1. The number of para-hydroxylation sites is 1. The maximum absolute atomic E-state index is 4.82. The Balaban J connectivity index is 2.09. The van der Waals surface area contributed by atoms with Gasteiger partial charge in [-0.2, -0.15) is 5.10 Å². The molecule has 122 valence electrons. The SMILES string of the molecule is CCc1nn(C)c2nc3ccccc3c(NCCCN(C)C)c12. The molecule has 3 rings (SSSR count). The smallest absolute Gasteiger partial charge is 0.160 e. The second-order valence-electron chi connectivity index (χ2n) is 6.21. The number of rotatable bonds is 6. The van der Waals surface area contributed by atoms with E-state index < -0.39 is 0 Å². The number of nitrogens with one attached hydrogen (secondary N) is 1. The van der Waals surface area contributed by atoms with Crippen molar-refractivity contribution in [3.05, 3.63) is 30.0 Å². The Bertz CT molecular complexity index is 819. The minimum atomic E-state index is 0.906. The number of benzene rings is 1. The lowest BCUT2D eigenvalue weighted by molar-refractivity contribution is 0.405. The molecule has 0 aliphatic heterocycles. The van der Waals surface area contributed by atoms with Gasteiger partial charge >= 0.3 is 0 Å². The van der Waals surface area contributed by atoms with Gasteiger partial charge < -0.3 is 10.2 Å². The Morgan fingerprint density at radius 3 is 2.74 bits per heavy atom. The van der Waals surface area contributed by atoms with E-state index in [1.807, 2.05) is 17.8 Å². The molecule has 2 heterocycles. The number of fused-ring (bicyclic) bond motifs is 2. The van der Waals surface area contributed by atoms with Crippen LogP contribution in [0.5, 0.6) is 0 Å². The van der Waals surface area contributed by atoms with Crippen molar-refractivity contribution >= 4 is 27.6 Å². The predicted octanol–water partition coefficient (Wildman–Crippen LogP) is 3.05. The lowest BCUT2D eigenvalue weighted by Crippen LogP contribution is -2.16. The Morgan fingerprint density at radius 2 is 2.00 bits per heavy atom. The zero-order valence-corrected chi connectivity index (χ0v) is 14.4. The first-order valence-electron chi connectivity index (χ1n) is 8.24. The van der Waals surface area contributed by atoms with E-state index in [2.05, 4.69) is 54.5 Å². The summed E-state index contributed by atoms with van der Waals surface area (Å²) in [6.07, 6.45) is 2.01. The second-order valence-corrected chi connectivity index (χ2v) is 6.21. The molecule has 0 aliphatic rings. The molecule has 0 fully saturated rings. The molecule has 3 aromatic rings. The summed E-state index contributed by atoms with van der Waals surface area (Å²) in [5.74, 6) is 0. The van der Waals surface area contributed by atoms with Crippen LogP contribution < -0.4 is 5.32 Å². The molecule has 23 heavy (non-hydrogen) atoms. The normalized spacial score (nSPS) is 11.7. The zero-order chi connectivity index (χ0) is 16.4. The summed E-state index contributed by atoms with van der Waals surface area (Å²) < 4.78 is 1.89. The molecule has 0 bridgehead atoms. The Labute approximate surface area is 137 Å². The topological polar surface area (TPSA) is 46.0 Å². The largest absolute Gasteiger partial charge is 0.384 e. The highest BCUT2D eigenvalue weighted by atomic mass is 15.3. The summed E-state index contributed by atoms with van der Waals surface area (Å²) in [6.45, 7) is 4.17. The molecule has 0 unspecified atom stereocenters. The van der Waals surface area contributed by atoms with Crippen molar-refractivity contribution in [2.75, 3.05) is 32.5 Å². The van der Waals surface area contributed by atoms with Gasteiger partial charge in [0.05, 0.1) is 22.3 Å². The third-order valence-electron chi connectivity index (χ3n) is 4.16. The van der Waals surface area contributed by atoms with Crippen molar-refractivity contribution in [1.29, 1.82) is 0 Å². The predicted molar refractivity (Wildman–Crippen MR) is 97.1 cm³/mol. The molecule has 0 aliphatic carbocycles. The Hall–Kier alpha value is -2.14. The van der Waals surface area contributed by atoms with Crippen LogP contribution in [0.25, 0.3) is 21.9 Å². The molecule has 1 N–H and O–H groups in total. The molecular formula is C18H25N5. The van der Waals surface area contributed by atoms with E-state index in [4.69, 9.17) is 4.98 Å². The van der Waals surface area contributed by atoms with E-state index in [-0.39, 0.29) is 0 Å². The van der Waals surface area contributed by atoms with Crippen LogP contribution in [0.4, 0.5) is 5.69 Å². The lowest BCUT2D eigenvalue weighted by Gasteiger charge is -2.14. The average Bonchev–Trinajstić information content (AvgIpc) is 2.86. The van der Waals surface area contributed by atoms with Crippen LogP contribution in [0.1, 0.15) is 19.0 Å². The third-order valence-corrected chi connectivity index (χ3v) is 4.16. The van der Waals surface area contributed by atoms with E-state index in [0.717, 1.165) is 42.8 Å². The van der Waals surface area contributed by atoms with Gasteiger partial charge in [-0.3, -0.25) is 4.68 Å². The summed E-state index contributed by atoms with van der Waals surface area (Å²) >= 11 is 0. The van der Waals surface area contributed by atoms with Gasteiger partial charge in [-0.15, -0.1) is 0 Å². The van der Waals surface area contributed by atoms with Gasteiger partial charge in [0.1, 0.15) is 0 Å². The number of hydrogen-bond donors (Lipinski definition) is 1. The van der Waals surface area contributed by atoms with Crippen LogP contribution in [0.2, 0.25) is 0 Å². The monoisotopic (exact) mass is 311 g/mol. The van der Waals surface area contributed by atoms with Crippen LogP contribution in [0.3, 0.4) is 0 Å². The highest BCUT2D eigenvalue weighted by Gasteiger charge is 2.16. The summed E-state index contributed by atoms with van der Waals surface area (Å²) in [6, 6.07) is 8.32.